The van der Waals surface area contributed by atoms with Gasteiger partial charge in [-0.25, -0.2) is 4.98 Å². The fourth-order valence-corrected chi connectivity index (χ4v) is 2.94. The molecule has 0 atom stereocenters. The summed E-state index contributed by atoms with van der Waals surface area (Å²) in [5, 5.41) is 7.67. The topological polar surface area (TPSA) is 58.5 Å². The zero-order valence-electron chi connectivity index (χ0n) is 15.4. The summed E-state index contributed by atoms with van der Waals surface area (Å²) in [7, 11) is 1.77. The molecule has 0 amide bonds. The van der Waals surface area contributed by atoms with E-state index in [-0.39, 0.29) is 30.1 Å². The quantitative estimate of drug-likeness (QED) is 0.377. The summed E-state index contributed by atoms with van der Waals surface area (Å²) >= 11 is 1.69. The number of guanidine groups is 1. The van der Waals surface area contributed by atoms with Crippen molar-refractivity contribution in [2.24, 2.45) is 4.99 Å². The lowest BCUT2D eigenvalue weighted by Crippen LogP contribution is -2.36. The highest BCUT2D eigenvalue weighted by Crippen LogP contribution is 2.21. The van der Waals surface area contributed by atoms with Gasteiger partial charge in [0.1, 0.15) is 10.8 Å². The van der Waals surface area contributed by atoms with Gasteiger partial charge in [-0.15, -0.1) is 35.3 Å². The normalized spacial score (nSPS) is 11.2. The molecule has 2 aromatic rings. The van der Waals surface area contributed by atoms with Crippen LogP contribution in [-0.4, -0.2) is 24.1 Å². The number of nitrogens with zero attached hydrogens (tertiary/aromatic N) is 2. The molecule has 0 fully saturated rings. The van der Waals surface area contributed by atoms with Crippen LogP contribution in [0.15, 0.2) is 29.4 Å². The van der Waals surface area contributed by atoms with E-state index in [1.165, 1.54) is 10.4 Å². The number of aromatic nitrogens is 1. The van der Waals surface area contributed by atoms with Crippen LogP contribution < -0.4 is 15.4 Å². The van der Waals surface area contributed by atoms with Crippen LogP contribution in [0.2, 0.25) is 0 Å². The van der Waals surface area contributed by atoms with E-state index < -0.39 is 0 Å². The van der Waals surface area contributed by atoms with E-state index in [0.717, 1.165) is 22.3 Å². The van der Waals surface area contributed by atoms with Crippen molar-refractivity contribution in [3.63, 3.8) is 0 Å². The van der Waals surface area contributed by atoms with E-state index in [1.807, 2.05) is 20.0 Å². The maximum absolute atomic E-state index is 5.92. The van der Waals surface area contributed by atoms with Crippen LogP contribution in [-0.2, 0) is 13.1 Å². The molecule has 1 aromatic carbocycles. The Morgan fingerprint density at radius 1 is 1.24 bits per heavy atom. The predicted molar refractivity (Wildman–Crippen MR) is 116 cm³/mol. The first kappa shape index (κ1) is 21.7. The number of aryl methyl sites for hydroxylation is 2. The van der Waals surface area contributed by atoms with E-state index >= 15 is 0 Å². The highest BCUT2D eigenvalue weighted by Gasteiger charge is 2.08. The minimum absolute atomic E-state index is 0. The molecule has 0 bridgehead atoms. The van der Waals surface area contributed by atoms with Crippen molar-refractivity contribution in [2.75, 3.05) is 7.05 Å². The third kappa shape index (κ3) is 7.19. The summed E-state index contributed by atoms with van der Waals surface area (Å²) in [4.78, 5) is 9.83. The number of rotatable bonds is 6. The van der Waals surface area contributed by atoms with Gasteiger partial charge in [-0.1, -0.05) is 12.1 Å². The number of ether oxygens (including phenoxy) is 1. The highest BCUT2D eigenvalue weighted by atomic mass is 127. The largest absolute Gasteiger partial charge is 0.491 e. The SMILES string of the molecule is CN=C(NCc1ncc(C)s1)NCc1ccc(C)cc1OC(C)C.I. The number of aliphatic imine (C=N–C) groups is 1. The second kappa shape index (κ2) is 10.6. The standard InChI is InChI=1S/C18H26N4OS.HI/c1-12(2)23-16-8-13(3)6-7-15(16)10-21-18(19-5)22-11-17-20-9-14(4)24-17;/h6-9,12H,10-11H2,1-5H3,(H2,19,21,22);1H. The molecule has 5 nitrogen and oxygen atoms in total. The Labute approximate surface area is 171 Å². The molecule has 138 valence electrons. The molecule has 0 unspecified atom stereocenters. The molecule has 2 N–H and O–H groups in total. The van der Waals surface area contributed by atoms with Crippen molar-refractivity contribution < 1.29 is 4.74 Å². The number of hydrogen-bond acceptors (Lipinski definition) is 4. The monoisotopic (exact) mass is 474 g/mol. The predicted octanol–water partition coefficient (Wildman–Crippen LogP) is 4.03. The van der Waals surface area contributed by atoms with E-state index in [1.54, 1.807) is 18.4 Å². The maximum atomic E-state index is 5.92. The molecule has 1 heterocycles. The van der Waals surface area contributed by atoms with Gasteiger partial charge in [0.2, 0.25) is 0 Å². The average molecular weight is 474 g/mol. The van der Waals surface area contributed by atoms with Gasteiger partial charge in [-0.3, -0.25) is 4.99 Å². The summed E-state index contributed by atoms with van der Waals surface area (Å²) in [6, 6.07) is 6.27. The summed E-state index contributed by atoms with van der Waals surface area (Å²) in [6.07, 6.45) is 2.04. The fourth-order valence-electron chi connectivity index (χ4n) is 2.21. The van der Waals surface area contributed by atoms with Gasteiger partial charge in [-0.05, 0) is 39.3 Å². The smallest absolute Gasteiger partial charge is 0.191 e. The van der Waals surface area contributed by atoms with Crippen molar-refractivity contribution in [3.05, 3.63) is 45.4 Å². The second-order valence-electron chi connectivity index (χ2n) is 5.92. The molecule has 0 aliphatic rings. The molecule has 2 rings (SSSR count). The van der Waals surface area contributed by atoms with Crippen LogP contribution in [0.4, 0.5) is 0 Å². The Morgan fingerprint density at radius 2 is 1.96 bits per heavy atom. The lowest BCUT2D eigenvalue weighted by molar-refractivity contribution is 0.239. The van der Waals surface area contributed by atoms with E-state index in [2.05, 4.69) is 52.7 Å². The average Bonchev–Trinajstić information content (AvgIpc) is 2.94. The van der Waals surface area contributed by atoms with Gasteiger partial charge in [0.15, 0.2) is 5.96 Å². The van der Waals surface area contributed by atoms with Crippen molar-refractivity contribution >= 4 is 41.3 Å². The third-order valence-electron chi connectivity index (χ3n) is 3.33. The Morgan fingerprint density at radius 3 is 2.56 bits per heavy atom. The van der Waals surface area contributed by atoms with Crippen molar-refractivity contribution in [1.29, 1.82) is 0 Å². The van der Waals surface area contributed by atoms with Crippen molar-refractivity contribution in [2.45, 2.75) is 46.9 Å². The van der Waals surface area contributed by atoms with Gasteiger partial charge in [-0.2, -0.15) is 0 Å². The molecule has 0 spiro atoms. The molecule has 7 heteroatoms. The Bertz CT molecular complexity index is 700. The molecular weight excluding hydrogens is 447 g/mol. The lowest BCUT2D eigenvalue weighted by atomic mass is 10.1. The van der Waals surface area contributed by atoms with E-state index in [4.69, 9.17) is 4.74 Å². The molecule has 25 heavy (non-hydrogen) atoms. The number of nitrogens with one attached hydrogen (secondary N) is 2. The van der Waals surface area contributed by atoms with E-state index in [9.17, 15) is 0 Å². The summed E-state index contributed by atoms with van der Waals surface area (Å²) in [5.74, 6) is 1.67. The molecule has 0 saturated carbocycles. The van der Waals surface area contributed by atoms with Gasteiger partial charge in [0.25, 0.3) is 0 Å². The Kier molecular flexibility index (Phi) is 9.20. The molecule has 1 aromatic heterocycles. The maximum Gasteiger partial charge on any atom is 0.191 e. The number of halogens is 1. The number of hydrogen-bond donors (Lipinski definition) is 2. The summed E-state index contributed by atoms with van der Waals surface area (Å²) < 4.78 is 5.92. The van der Waals surface area contributed by atoms with Gasteiger partial charge in [0.05, 0.1) is 12.6 Å². The van der Waals surface area contributed by atoms with Gasteiger partial charge in [0, 0.05) is 30.2 Å². The zero-order valence-corrected chi connectivity index (χ0v) is 18.6. The van der Waals surface area contributed by atoms with Crippen LogP contribution in [0.3, 0.4) is 0 Å². The highest BCUT2D eigenvalue weighted by molar-refractivity contribution is 14.0. The molecule has 0 aliphatic carbocycles. The van der Waals surface area contributed by atoms with Crippen LogP contribution in [0.5, 0.6) is 5.75 Å². The van der Waals surface area contributed by atoms with Crippen molar-refractivity contribution in [3.8, 4) is 5.75 Å². The molecule has 0 aliphatic heterocycles. The number of benzene rings is 1. The van der Waals surface area contributed by atoms with Crippen molar-refractivity contribution in [1.82, 2.24) is 15.6 Å². The zero-order chi connectivity index (χ0) is 17.5. The summed E-state index contributed by atoms with van der Waals surface area (Å²) in [5.41, 5.74) is 2.30. The first-order valence-electron chi connectivity index (χ1n) is 8.10. The van der Waals surface area contributed by atoms with Crippen LogP contribution in [0.1, 0.15) is 34.9 Å². The lowest BCUT2D eigenvalue weighted by Gasteiger charge is -2.17. The van der Waals surface area contributed by atoms with Gasteiger partial charge >= 0.3 is 0 Å². The molecular formula is C18H27IN4OS. The van der Waals surface area contributed by atoms with Crippen LogP contribution >= 0.6 is 35.3 Å². The molecule has 0 saturated heterocycles. The van der Waals surface area contributed by atoms with Crippen LogP contribution in [0, 0.1) is 13.8 Å². The van der Waals surface area contributed by atoms with E-state index in [0.29, 0.717) is 13.1 Å². The Hall–Kier alpha value is -1.35. The fraction of sp³-hybridized carbons (Fsp3) is 0.444. The third-order valence-corrected chi connectivity index (χ3v) is 4.24. The van der Waals surface area contributed by atoms with Crippen LogP contribution in [0.25, 0.3) is 0 Å². The minimum Gasteiger partial charge on any atom is -0.491 e. The Balaban J connectivity index is 0.00000312. The minimum atomic E-state index is 0. The first-order chi connectivity index (χ1) is 11.5. The number of thiazole rings is 1. The first-order valence-corrected chi connectivity index (χ1v) is 8.91. The second-order valence-corrected chi connectivity index (χ2v) is 7.24. The van der Waals surface area contributed by atoms with Gasteiger partial charge < -0.3 is 15.4 Å². The summed E-state index contributed by atoms with van der Waals surface area (Å²) in [6.45, 7) is 9.52. The molecule has 0 radical (unpaired) electrons.